The zero-order valence-corrected chi connectivity index (χ0v) is 18.0. The molecule has 1 rings (SSSR count). The van der Waals surface area contributed by atoms with Crippen LogP contribution in [-0.4, -0.2) is 75.3 Å². The van der Waals surface area contributed by atoms with Crippen molar-refractivity contribution in [3.8, 4) is 0 Å². The Hall–Kier alpha value is -0.0800. The zero-order chi connectivity index (χ0) is 16.4. The molecule has 1 fully saturated rings. The number of hydrogen-bond acceptors (Lipinski definition) is 3. The molecule has 1 heterocycles. The van der Waals surface area contributed by atoms with Gasteiger partial charge in [0.15, 0.2) is 5.96 Å². The topological polar surface area (TPSA) is 40.1 Å². The highest BCUT2D eigenvalue weighted by molar-refractivity contribution is 14.0. The monoisotopic (exact) mass is 440 g/mol. The van der Waals surface area contributed by atoms with E-state index >= 15 is 0 Å². The smallest absolute Gasteiger partial charge is 0.193 e. The number of ether oxygens (including phenoxy) is 1. The van der Waals surface area contributed by atoms with E-state index in [0.29, 0.717) is 12.0 Å². The van der Waals surface area contributed by atoms with Crippen molar-refractivity contribution >= 4 is 29.9 Å². The number of nitrogens with one attached hydrogen (secondary N) is 1. The van der Waals surface area contributed by atoms with E-state index in [4.69, 9.17) is 4.74 Å². The predicted molar refractivity (Wildman–Crippen MR) is 110 cm³/mol. The number of nitrogens with zero attached hydrogens (tertiary/aromatic N) is 3. The van der Waals surface area contributed by atoms with Gasteiger partial charge in [-0.25, -0.2) is 0 Å². The molecule has 1 saturated heterocycles. The summed E-state index contributed by atoms with van der Waals surface area (Å²) in [5, 5.41) is 3.57. The van der Waals surface area contributed by atoms with E-state index in [2.05, 4.69) is 47.9 Å². The lowest BCUT2D eigenvalue weighted by molar-refractivity contribution is 0.0131. The van der Waals surface area contributed by atoms with E-state index in [1.807, 2.05) is 7.05 Å². The molecule has 0 spiro atoms. The van der Waals surface area contributed by atoms with Gasteiger partial charge < -0.3 is 15.0 Å². The van der Waals surface area contributed by atoms with Gasteiger partial charge in [-0.05, 0) is 18.8 Å². The fourth-order valence-electron chi connectivity index (χ4n) is 2.94. The number of hydrogen-bond donors (Lipinski definition) is 1. The average Bonchev–Trinajstić information content (AvgIpc) is 2.52. The predicted octanol–water partition coefficient (Wildman–Crippen LogP) is 2.66. The van der Waals surface area contributed by atoms with Gasteiger partial charge in [-0.2, -0.15) is 0 Å². The summed E-state index contributed by atoms with van der Waals surface area (Å²) in [4.78, 5) is 9.22. The molecule has 5 nitrogen and oxygen atoms in total. The van der Waals surface area contributed by atoms with Crippen molar-refractivity contribution in [3.63, 3.8) is 0 Å². The Kier molecular flexibility index (Phi) is 13.2. The maximum absolute atomic E-state index is 5.49. The van der Waals surface area contributed by atoms with Crippen LogP contribution in [0, 0.1) is 5.92 Å². The molecule has 0 saturated carbocycles. The molecular weight excluding hydrogens is 403 g/mol. The van der Waals surface area contributed by atoms with Crippen molar-refractivity contribution in [1.82, 2.24) is 15.1 Å². The third kappa shape index (κ3) is 9.10. The lowest BCUT2D eigenvalue weighted by Crippen LogP contribution is -2.51. The molecule has 0 radical (unpaired) electrons. The summed E-state index contributed by atoms with van der Waals surface area (Å²) in [6, 6.07) is 0.556. The molecule has 6 heteroatoms. The van der Waals surface area contributed by atoms with Crippen LogP contribution in [0.2, 0.25) is 0 Å². The second-order valence-corrected chi connectivity index (χ2v) is 6.63. The third-order valence-corrected chi connectivity index (χ3v) is 4.22. The lowest BCUT2D eigenvalue weighted by Gasteiger charge is -2.36. The average molecular weight is 440 g/mol. The number of morpholine rings is 1. The molecule has 0 bridgehead atoms. The second-order valence-electron chi connectivity index (χ2n) is 6.63. The van der Waals surface area contributed by atoms with E-state index in [0.717, 1.165) is 45.4 Å². The van der Waals surface area contributed by atoms with Gasteiger partial charge in [-0.15, -0.1) is 24.0 Å². The molecule has 0 aromatic heterocycles. The molecule has 1 aliphatic rings. The Morgan fingerprint density at radius 1 is 1.30 bits per heavy atom. The summed E-state index contributed by atoms with van der Waals surface area (Å²) < 4.78 is 5.49. The summed E-state index contributed by atoms with van der Waals surface area (Å²) in [6.07, 6.45) is 3.63. The zero-order valence-electron chi connectivity index (χ0n) is 15.7. The maximum atomic E-state index is 5.49. The first kappa shape index (κ1) is 22.9. The Morgan fingerprint density at radius 3 is 2.48 bits per heavy atom. The molecule has 0 amide bonds. The Bertz CT molecular complexity index is 320. The van der Waals surface area contributed by atoms with Crippen LogP contribution in [0.4, 0.5) is 0 Å². The number of rotatable bonds is 8. The molecule has 138 valence electrons. The maximum Gasteiger partial charge on any atom is 0.193 e. The first-order chi connectivity index (χ1) is 10.6. The van der Waals surface area contributed by atoms with Crippen LogP contribution in [0.25, 0.3) is 0 Å². The van der Waals surface area contributed by atoms with Gasteiger partial charge in [0.1, 0.15) is 0 Å². The van der Waals surface area contributed by atoms with Gasteiger partial charge in [0.2, 0.25) is 0 Å². The summed E-state index contributed by atoms with van der Waals surface area (Å²) >= 11 is 0. The molecule has 0 aromatic carbocycles. The van der Waals surface area contributed by atoms with Gasteiger partial charge >= 0.3 is 0 Å². The number of halogens is 1. The molecule has 1 aliphatic heterocycles. The SMILES string of the molecule is CCCCN(C)C(=NC)NCC(CC(C)C)N1CCOCC1.I. The summed E-state index contributed by atoms with van der Waals surface area (Å²) in [7, 11) is 3.99. The summed E-state index contributed by atoms with van der Waals surface area (Å²) in [5.74, 6) is 1.71. The number of aliphatic imine (C=N–C) groups is 1. The first-order valence-corrected chi connectivity index (χ1v) is 8.82. The van der Waals surface area contributed by atoms with Crippen LogP contribution in [0.3, 0.4) is 0 Å². The van der Waals surface area contributed by atoms with Gasteiger partial charge in [-0.1, -0.05) is 27.2 Å². The van der Waals surface area contributed by atoms with Crippen molar-refractivity contribution in [2.24, 2.45) is 10.9 Å². The van der Waals surface area contributed by atoms with Crippen LogP contribution < -0.4 is 5.32 Å². The fourth-order valence-corrected chi connectivity index (χ4v) is 2.94. The van der Waals surface area contributed by atoms with E-state index in [1.54, 1.807) is 0 Å². The van der Waals surface area contributed by atoms with Crippen LogP contribution in [0.1, 0.15) is 40.0 Å². The normalized spacial score (nSPS) is 17.7. The molecular formula is C17H37IN4O. The van der Waals surface area contributed by atoms with Crippen molar-refractivity contribution in [3.05, 3.63) is 0 Å². The van der Waals surface area contributed by atoms with E-state index in [-0.39, 0.29) is 24.0 Å². The second kappa shape index (κ2) is 13.2. The highest BCUT2D eigenvalue weighted by atomic mass is 127. The number of unbranched alkanes of at least 4 members (excludes halogenated alkanes) is 1. The van der Waals surface area contributed by atoms with Crippen LogP contribution in [-0.2, 0) is 4.74 Å². The summed E-state index contributed by atoms with van der Waals surface area (Å²) in [5.41, 5.74) is 0. The molecule has 1 atom stereocenters. The molecule has 23 heavy (non-hydrogen) atoms. The number of guanidine groups is 1. The fraction of sp³-hybridized carbons (Fsp3) is 0.941. The molecule has 0 aromatic rings. The highest BCUT2D eigenvalue weighted by Gasteiger charge is 2.22. The van der Waals surface area contributed by atoms with Gasteiger partial charge in [0.05, 0.1) is 13.2 Å². The Balaban J connectivity index is 0.00000484. The minimum atomic E-state index is 0. The largest absolute Gasteiger partial charge is 0.379 e. The highest BCUT2D eigenvalue weighted by Crippen LogP contribution is 2.13. The third-order valence-electron chi connectivity index (χ3n) is 4.22. The van der Waals surface area contributed by atoms with Gasteiger partial charge in [-0.3, -0.25) is 9.89 Å². The summed E-state index contributed by atoms with van der Waals surface area (Å²) in [6.45, 7) is 12.7. The van der Waals surface area contributed by atoms with E-state index < -0.39 is 0 Å². The van der Waals surface area contributed by atoms with E-state index in [9.17, 15) is 0 Å². The molecule has 1 N–H and O–H groups in total. The van der Waals surface area contributed by atoms with Crippen molar-refractivity contribution in [1.29, 1.82) is 0 Å². The minimum Gasteiger partial charge on any atom is -0.379 e. The standard InChI is InChI=1S/C17H36N4O.HI/c1-6-7-8-20(5)17(18-4)19-14-16(13-15(2)3)21-9-11-22-12-10-21;/h15-16H,6-14H2,1-5H3,(H,18,19);1H. The first-order valence-electron chi connectivity index (χ1n) is 8.82. The Labute approximate surface area is 160 Å². The van der Waals surface area contributed by atoms with Crippen LogP contribution >= 0.6 is 24.0 Å². The minimum absolute atomic E-state index is 0. The quantitative estimate of drug-likeness (QED) is 0.358. The van der Waals surface area contributed by atoms with Crippen molar-refractivity contribution in [2.45, 2.75) is 46.1 Å². The van der Waals surface area contributed by atoms with E-state index in [1.165, 1.54) is 19.3 Å². The van der Waals surface area contributed by atoms with Crippen LogP contribution in [0.15, 0.2) is 4.99 Å². The molecule has 0 aliphatic carbocycles. The van der Waals surface area contributed by atoms with Gasteiger partial charge in [0, 0.05) is 46.3 Å². The van der Waals surface area contributed by atoms with Crippen molar-refractivity contribution < 1.29 is 4.74 Å². The lowest BCUT2D eigenvalue weighted by atomic mass is 10.0. The van der Waals surface area contributed by atoms with Crippen LogP contribution in [0.5, 0.6) is 0 Å². The van der Waals surface area contributed by atoms with Gasteiger partial charge in [0.25, 0.3) is 0 Å². The van der Waals surface area contributed by atoms with Crippen molar-refractivity contribution in [2.75, 3.05) is 53.5 Å². The molecule has 1 unspecified atom stereocenters. The Morgan fingerprint density at radius 2 is 1.96 bits per heavy atom.